The summed E-state index contributed by atoms with van der Waals surface area (Å²) in [5, 5.41) is 30.4. The lowest BCUT2D eigenvalue weighted by Crippen LogP contribution is -2.87. The molecule has 1 amide bonds. The smallest absolute Gasteiger partial charge is 0.451 e. The highest BCUT2D eigenvalue weighted by Crippen LogP contribution is 2.48. The lowest BCUT2D eigenvalue weighted by molar-refractivity contribution is -1.02. The number of nitrogens with one attached hydrogen (secondary N) is 1. The normalized spacial score (nSPS) is 32.2. The van der Waals surface area contributed by atoms with E-state index in [9.17, 15) is 19.9 Å². The van der Waals surface area contributed by atoms with E-state index in [0.29, 0.717) is 76.4 Å². The minimum absolute atomic E-state index is 0.00449. The standard InChI is InChI=1S/C65H102FIN7O14/c1-16-54(65(12)74(36-38(2)3,63(78)88-65)69-61-59(87-61)48-24-27-82-28-25-48)85-62(77)44(9)56(53-29-40(5)57(76)45(10)84-53)43(8)60(64(11,81-15)32-39(4)37-75)86-55-31-51(30-42(7)83-55)71(13)26-23-50-35-72(70-68-50)52(33-66)58(80-14)47-21-19-46(20-22-47)49-18-17-41(6)73(79)67-34-49/h17-22,34-35,37-40,42-45,48,51-61,69,76,79H,16,23-33,36H2,1-15H3/q+1/t39-,40+,42-,43+,44?,45+,51+,52-,53-,54-,55+,56?,57-,58-,59?,60-,61?,64-,65-,74?/m1/s1. The second kappa shape index (κ2) is 30.4. The number of hydrogen-bond acceptors (Lipinski definition) is 19. The van der Waals surface area contributed by atoms with Gasteiger partial charge in [-0.3, -0.25) is 10.0 Å². The van der Waals surface area contributed by atoms with Crippen molar-refractivity contribution in [1.82, 2.24) is 28.6 Å². The number of aromatic nitrogens is 3. The quantitative estimate of drug-likeness (QED) is 0.0165. The van der Waals surface area contributed by atoms with Crippen LogP contribution in [0.4, 0.5) is 9.18 Å². The zero-order valence-corrected chi connectivity index (χ0v) is 56.7. The van der Waals surface area contributed by atoms with Gasteiger partial charge in [0.2, 0.25) is 0 Å². The number of hydrogen-bond donors (Lipinski definition) is 3. The van der Waals surface area contributed by atoms with Gasteiger partial charge in [0.15, 0.2) is 18.6 Å². The number of aliphatic hydroxyl groups is 1. The summed E-state index contributed by atoms with van der Waals surface area (Å²) in [6.45, 7) is 24.9. The van der Waals surface area contributed by atoms with E-state index in [1.165, 1.54) is 3.28 Å². The summed E-state index contributed by atoms with van der Waals surface area (Å²) in [7, 11) is 5.25. The number of rotatable bonds is 30. The van der Waals surface area contributed by atoms with Gasteiger partial charge in [0.05, 0.1) is 47.7 Å². The molecule has 6 aliphatic heterocycles. The number of cyclic esters (lactones) is 1. The Kier molecular flexibility index (Phi) is 24.2. The average molecular weight is 1350 g/mol. The Bertz CT molecular complexity index is 2720. The number of aliphatic hydroxyl groups excluding tert-OH is 1. The molecule has 5 saturated heterocycles. The SMILES string of the molecule is CC[C@@H](OC(=O)C(C)C([C@H]1C[C@H](C)[C@@H](O)[C@H](C)O1)[C@H](C)[C@@H](O[C@H]1C[C@@H](N(C)CCc2cn([C@H](CF)[C@H](OC)c3ccc(C4=CC=C(C)N(O)I=C4)cc3)nn2)C[C@@H](C)O1)[C@@](C)(C[C@@H](C)C=O)OC)[C@@]1(C)OC(=O)[N+]1(CC(C)C)NC1OC1C1CCOCC1. The molecule has 7 heterocycles. The van der Waals surface area contributed by atoms with E-state index < -0.39 is 124 Å². The molecule has 21 nitrogen and oxygen atoms in total. The number of alkyl halides is 1. The lowest BCUT2D eigenvalue weighted by atomic mass is 9.69. The molecular weight excluding hydrogens is 1250 g/mol. The third-order valence-electron chi connectivity index (χ3n) is 19.8. The number of benzene rings is 1. The molecule has 494 valence electrons. The summed E-state index contributed by atoms with van der Waals surface area (Å²) in [5.41, 5.74) is 5.45. The van der Waals surface area contributed by atoms with Crippen LogP contribution in [0.15, 0.2) is 48.3 Å². The van der Waals surface area contributed by atoms with Crippen LogP contribution >= 0.6 is 21.0 Å². The molecule has 0 aliphatic carbocycles. The molecule has 1 aromatic heterocycles. The molecule has 5 unspecified atom stereocenters. The molecule has 8 rings (SSSR count). The summed E-state index contributed by atoms with van der Waals surface area (Å²) in [5.74, 6) is -2.68. The Morgan fingerprint density at radius 1 is 1.06 bits per heavy atom. The van der Waals surface area contributed by atoms with Crippen LogP contribution in [-0.2, 0) is 58.6 Å². The van der Waals surface area contributed by atoms with E-state index in [1.54, 1.807) is 25.1 Å². The topological polar surface area (TPSA) is 227 Å². The van der Waals surface area contributed by atoms with Gasteiger partial charge in [-0.25, -0.2) is 12.3 Å². The van der Waals surface area contributed by atoms with Crippen LogP contribution in [0.1, 0.15) is 157 Å². The van der Waals surface area contributed by atoms with E-state index in [1.807, 2.05) is 120 Å². The van der Waals surface area contributed by atoms with E-state index >= 15 is 9.18 Å². The summed E-state index contributed by atoms with van der Waals surface area (Å²) in [6, 6.07) is 7.08. The van der Waals surface area contributed by atoms with Crippen molar-refractivity contribution >= 4 is 48.9 Å². The number of halogens is 2. The van der Waals surface area contributed by atoms with Crippen LogP contribution in [0.3, 0.4) is 0 Å². The first-order chi connectivity index (χ1) is 41.8. The number of epoxide rings is 1. The predicted molar refractivity (Wildman–Crippen MR) is 337 cm³/mol. The largest absolute Gasteiger partial charge is 0.544 e. The van der Waals surface area contributed by atoms with Crippen molar-refractivity contribution in [3.63, 3.8) is 0 Å². The molecule has 5 fully saturated rings. The number of esters is 1. The molecular formula is C65H102FIN7O14+. The van der Waals surface area contributed by atoms with Crippen molar-refractivity contribution in [3.05, 3.63) is 65.1 Å². The van der Waals surface area contributed by atoms with Gasteiger partial charge in [0.25, 0.3) is 0 Å². The fourth-order valence-electron chi connectivity index (χ4n) is 14.5. The molecule has 1 aromatic carbocycles. The molecule has 20 atom stereocenters. The van der Waals surface area contributed by atoms with Gasteiger partial charge in [-0.2, -0.15) is 4.79 Å². The number of carbonyl (C=O) groups is 3. The molecule has 3 N–H and O–H groups in total. The van der Waals surface area contributed by atoms with Crippen LogP contribution in [0.5, 0.6) is 0 Å². The van der Waals surface area contributed by atoms with Crippen LogP contribution in [0.2, 0.25) is 0 Å². The van der Waals surface area contributed by atoms with E-state index in [0.717, 1.165) is 41.5 Å². The zero-order valence-electron chi connectivity index (χ0n) is 54.6. The van der Waals surface area contributed by atoms with Gasteiger partial charge >= 0.3 is 17.8 Å². The molecule has 6 aliphatic rings. The maximum absolute atomic E-state index is 15.3. The molecule has 23 heteroatoms. The minimum Gasteiger partial charge on any atom is -0.451 e. The second-order valence-electron chi connectivity index (χ2n) is 26.8. The number of ether oxygens (including phenoxy) is 9. The molecule has 0 bridgehead atoms. The third kappa shape index (κ3) is 15.7. The van der Waals surface area contributed by atoms with Crippen molar-refractivity contribution in [2.75, 3.05) is 54.2 Å². The van der Waals surface area contributed by atoms with Crippen LogP contribution in [0.25, 0.3) is 5.57 Å². The molecule has 0 spiro atoms. The number of nitrogens with zero attached hydrogens (tertiary/aromatic N) is 6. The highest BCUT2D eigenvalue weighted by molar-refractivity contribution is 14.2. The monoisotopic (exact) mass is 1350 g/mol. The first kappa shape index (κ1) is 70.2. The zero-order chi connectivity index (χ0) is 64.0. The van der Waals surface area contributed by atoms with Crippen molar-refractivity contribution in [2.45, 2.75) is 219 Å². The van der Waals surface area contributed by atoms with Crippen molar-refractivity contribution in [2.24, 2.45) is 41.4 Å². The Morgan fingerprint density at radius 3 is 2.40 bits per heavy atom. The maximum Gasteiger partial charge on any atom is 0.544 e. The van der Waals surface area contributed by atoms with Crippen molar-refractivity contribution in [3.8, 4) is 0 Å². The number of quaternary nitrogens is 1. The Balaban J connectivity index is 0.995. The number of likely N-dealkylation sites (N-methyl/N-ethyl adjacent to an activating group) is 1. The fraction of sp³-hybridized carbons (Fsp3) is 0.754. The number of methoxy groups -OCH3 is 2. The highest BCUT2D eigenvalue weighted by Gasteiger charge is 2.75. The predicted octanol–water partition coefficient (Wildman–Crippen LogP) is 9.62. The van der Waals surface area contributed by atoms with Gasteiger partial charge in [-0.05, 0) is 118 Å². The number of carbonyl (C=O) groups excluding carboxylic acids is 3. The maximum atomic E-state index is 15.3. The van der Waals surface area contributed by atoms with Crippen molar-refractivity contribution in [1.29, 1.82) is 0 Å². The number of amides is 1. The van der Waals surface area contributed by atoms with E-state index in [2.05, 4.69) is 31.7 Å². The minimum atomic E-state index is -1.30. The van der Waals surface area contributed by atoms with Crippen LogP contribution in [-0.4, -0.2) is 187 Å². The van der Waals surface area contributed by atoms with Gasteiger partial charge in [0, 0.05) is 110 Å². The van der Waals surface area contributed by atoms with Crippen LogP contribution in [0, 0.1) is 41.4 Å². The third-order valence-corrected chi connectivity index (χ3v) is 22.0. The summed E-state index contributed by atoms with van der Waals surface area (Å²) in [6.07, 6.45) is 5.15. The first-order valence-corrected chi connectivity index (χ1v) is 34.2. The Hall–Kier alpha value is -3.70. The molecule has 0 radical (unpaired) electrons. The average Bonchev–Trinajstić information content (AvgIpc) is 1.29. The first-order valence-electron chi connectivity index (χ1n) is 32.0. The van der Waals surface area contributed by atoms with Gasteiger partial charge in [0.1, 0.15) is 37.8 Å². The molecule has 88 heavy (non-hydrogen) atoms. The summed E-state index contributed by atoms with van der Waals surface area (Å²) < 4.78 is 77.7. The lowest BCUT2D eigenvalue weighted by Gasteiger charge is -2.55. The van der Waals surface area contributed by atoms with Gasteiger partial charge in [-0.1, -0.05) is 84.0 Å². The molecule has 0 saturated carbocycles. The van der Waals surface area contributed by atoms with Crippen LogP contribution < -0.4 is 5.43 Å². The summed E-state index contributed by atoms with van der Waals surface area (Å²) in [4.78, 5) is 44.1. The van der Waals surface area contributed by atoms with E-state index in [-0.39, 0.29) is 40.9 Å². The van der Waals surface area contributed by atoms with Gasteiger partial charge < -0.3 is 57.4 Å². The molecule has 2 aromatic rings. The number of allylic oxidation sites excluding steroid dienone is 4. The van der Waals surface area contributed by atoms with Gasteiger partial charge in [-0.15, -0.1) is 15.1 Å². The second-order valence-corrected chi connectivity index (χ2v) is 28.9. The van der Waals surface area contributed by atoms with E-state index in [4.69, 9.17) is 42.6 Å². The Morgan fingerprint density at radius 2 is 1.77 bits per heavy atom. The summed E-state index contributed by atoms with van der Waals surface area (Å²) >= 11 is -0.728. The Labute approximate surface area is 531 Å². The number of aldehydes is 1. The van der Waals surface area contributed by atoms with Crippen molar-refractivity contribution < 1.29 is 76.3 Å². The number of hydroxylamine groups is 1. The highest BCUT2D eigenvalue weighted by atomic mass is 127. The fourth-order valence-corrected chi connectivity index (χ4v) is 16.2.